The van der Waals surface area contributed by atoms with Crippen LogP contribution in [0, 0.1) is 5.92 Å². The van der Waals surface area contributed by atoms with E-state index in [1.807, 2.05) is 0 Å². The first-order valence-electron chi connectivity index (χ1n) is 5.28. The lowest BCUT2D eigenvalue weighted by Crippen LogP contribution is -2.24. The summed E-state index contributed by atoms with van der Waals surface area (Å²) in [5, 5.41) is 10.7. The van der Waals surface area contributed by atoms with Crippen LogP contribution in [0.3, 0.4) is 0 Å². The summed E-state index contributed by atoms with van der Waals surface area (Å²) in [6, 6.07) is 0.807. The SMILES string of the molecule is CCC(Nc1nnc(C(C)Cl)o1)C(C)C. The largest absolute Gasteiger partial charge is 0.406 e. The van der Waals surface area contributed by atoms with Crippen LogP contribution in [0.1, 0.15) is 45.4 Å². The highest BCUT2D eigenvalue weighted by atomic mass is 35.5. The van der Waals surface area contributed by atoms with Gasteiger partial charge in [-0.3, -0.25) is 0 Å². The van der Waals surface area contributed by atoms with Gasteiger partial charge in [0.15, 0.2) is 0 Å². The standard InChI is InChI=1S/C10H18ClN3O/c1-5-8(6(2)3)12-10-14-13-9(15-10)7(4)11/h6-8H,5H2,1-4H3,(H,12,14). The predicted octanol–water partition coefficient (Wildman–Crippen LogP) is 3.22. The number of alkyl halides is 1. The molecule has 0 saturated carbocycles. The van der Waals surface area contributed by atoms with E-state index < -0.39 is 0 Å². The Kier molecular flexibility index (Phi) is 4.39. The zero-order valence-corrected chi connectivity index (χ0v) is 10.4. The van der Waals surface area contributed by atoms with Crippen molar-refractivity contribution in [2.24, 2.45) is 5.92 Å². The average Bonchev–Trinajstić information content (AvgIpc) is 2.61. The molecule has 0 bridgehead atoms. The molecule has 2 unspecified atom stereocenters. The zero-order chi connectivity index (χ0) is 11.4. The van der Waals surface area contributed by atoms with Crippen LogP contribution >= 0.6 is 11.6 Å². The summed E-state index contributed by atoms with van der Waals surface area (Å²) < 4.78 is 5.36. The lowest BCUT2D eigenvalue weighted by molar-refractivity contribution is 0.464. The monoisotopic (exact) mass is 231 g/mol. The van der Waals surface area contributed by atoms with Crippen molar-refractivity contribution in [1.82, 2.24) is 10.2 Å². The maximum Gasteiger partial charge on any atom is 0.315 e. The molecule has 4 nitrogen and oxygen atoms in total. The summed E-state index contributed by atoms with van der Waals surface area (Å²) in [5.74, 6) is 0.983. The summed E-state index contributed by atoms with van der Waals surface area (Å²) in [7, 11) is 0. The molecular formula is C10H18ClN3O. The smallest absolute Gasteiger partial charge is 0.315 e. The van der Waals surface area contributed by atoms with Crippen molar-refractivity contribution in [3.63, 3.8) is 0 Å². The van der Waals surface area contributed by atoms with Crippen molar-refractivity contribution in [1.29, 1.82) is 0 Å². The summed E-state index contributed by atoms with van der Waals surface area (Å²) in [4.78, 5) is 0. The first-order valence-corrected chi connectivity index (χ1v) is 5.72. The highest BCUT2D eigenvalue weighted by Gasteiger charge is 2.16. The maximum atomic E-state index is 5.83. The molecule has 0 aliphatic rings. The second-order valence-electron chi connectivity index (χ2n) is 3.96. The molecular weight excluding hydrogens is 214 g/mol. The molecule has 2 atom stereocenters. The fraction of sp³-hybridized carbons (Fsp3) is 0.800. The van der Waals surface area contributed by atoms with E-state index in [4.69, 9.17) is 16.0 Å². The normalized spacial score (nSPS) is 15.3. The van der Waals surface area contributed by atoms with Crippen molar-refractivity contribution in [3.8, 4) is 0 Å². The molecule has 1 rings (SSSR count). The first-order chi connectivity index (χ1) is 7.04. The maximum absolute atomic E-state index is 5.83. The number of nitrogens with one attached hydrogen (secondary N) is 1. The van der Waals surface area contributed by atoms with Crippen molar-refractivity contribution in [3.05, 3.63) is 5.89 Å². The van der Waals surface area contributed by atoms with Gasteiger partial charge < -0.3 is 9.73 Å². The Morgan fingerprint density at radius 2 is 2.00 bits per heavy atom. The topological polar surface area (TPSA) is 51.0 Å². The average molecular weight is 232 g/mol. The second-order valence-corrected chi connectivity index (χ2v) is 4.62. The van der Waals surface area contributed by atoms with Gasteiger partial charge in [-0.25, -0.2) is 0 Å². The number of nitrogens with zero attached hydrogens (tertiary/aromatic N) is 2. The number of rotatable bonds is 5. The van der Waals surface area contributed by atoms with E-state index >= 15 is 0 Å². The minimum atomic E-state index is -0.243. The molecule has 5 heteroatoms. The Bertz CT molecular complexity index is 299. The van der Waals surface area contributed by atoms with Crippen LogP contribution in [0.5, 0.6) is 0 Å². The molecule has 0 radical (unpaired) electrons. The number of anilines is 1. The van der Waals surface area contributed by atoms with E-state index in [0.29, 0.717) is 23.9 Å². The zero-order valence-electron chi connectivity index (χ0n) is 9.62. The van der Waals surface area contributed by atoms with Gasteiger partial charge in [0.1, 0.15) is 5.38 Å². The van der Waals surface area contributed by atoms with E-state index in [1.54, 1.807) is 6.92 Å². The molecule has 0 fully saturated rings. The fourth-order valence-corrected chi connectivity index (χ4v) is 1.44. The van der Waals surface area contributed by atoms with Gasteiger partial charge in [-0.15, -0.1) is 16.7 Å². The van der Waals surface area contributed by atoms with Crippen molar-refractivity contribution >= 4 is 17.6 Å². The Morgan fingerprint density at radius 3 is 2.40 bits per heavy atom. The molecule has 0 amide bonds. The van der Waals surface area contributed by atoms with Crippen molar-refractivity contribution in [2.75, 3.05) is 5.32 Å². The second kappa shape index (κ2) is 5.35. The fourth-order valence-electron chi connectivity index (χ4n) is 1.35. The lowest BCUT2D eigenvalue weighted by Gasteiger charge is -2.18. The molecule has 0 aliphatic carbocycles. The van der Waals surface area contributed by atoms with Gasteiger partial charge in [0.25, 0.3) is 0 Å². The van der Waals surface area contributed by atoms with Crippen LogP contribution < -0.4 is 5.32 Å². The quantitative estimate of drug-likeness (QED) is 0.791. The lowest BCUT2D eigenvalue weighted by atomic mass is 10.0. The molecule has 15 heavy (non-hydrogen) atoms. The Hall–Kier alpha value is -0.770. The van der Waals surface area contributed by atoms with E-state index in [2.05, 4.69) is 36.3 Å². The van der Waals surface area contributed by atoms with Gasteiger partial charge >= 0.3 is 6.01 Å². The van der Waals surface area contributed by atoms with Gasteiger partial charge in [-0.2, -0.15) is 0 Å². The minimum absolute atomic E-state index is 0.243. The Balaban J connectivity index is 2.63. The molecule has 1 aromatic rings. The highest BCUT2D eigenvalue weighted by molar-refractivity contribution is 6.20. The molecule has 1 N–H and O–H groups in total. The number of hydrogen-bond acceptors (Lipinski definition) is 4. The van der Waals surface area contributed by atoms with E-state index in [-0.39, 0.29) is 5.38 Å². The molecule has 1 aromatic heterocycles. The van der Waals surface area contributed by atoms with Crippen molar-refractivity contribution in [2.45, 2.75) is 45.5 Å². The van der Waals surface area contributed by atoms with Crippen LogP contribution in [-0.2, 0) is 0 Å². The predicted molar refractivity (Wildman–Crippen MR) is 61.1 cm³/mol. The molecule has 0 aliphatic heterocycles. The third-order valence-electron chi connectivity index (χ3n) is 2.33. The van der Waals surface area contributed by atoms with Gasteiger partial charge in [-0.05, 0) is 19.3 Å². The third kappa shape index (κ3) is 3.38. The number of halogens is 1. The Morgan fingerprint density at radius 1 is 1.33 bits per heavy atom. The van der Waals surface area contributed by atoms with Gasteiger partial charge in [0, 0.05) is 6.04 Å². The summed E-state index contributed by atoms with van der Waals surface area (Å²) in [6.07, 6.45) is 1.02. The molecule has 0 spiro atoms. The Labute approximate surface area is 95.4 Å². The summed E-state index contributed by atoms with van der Waals surface area (Å²) in [6.45, 7) is 8.24. The van der Waals surface area contributed by atoms with E-state index in [9.17, 15) is 0 Å². The summed E-state index contributed by atoms with van der Waals surface area (Å²) in [5.41, 5.74) is 0. The van der Waals surface area contributed by atoms with Crippen LogP contribution in [0.15, 0.2) is 4.42 Å². The van der Waals surface area contributed by atoms with E-state index in [0.717, 1.165) is 6.42 Å². The molecule has 0 saturated heterocycles. The summed E-state index contributed by atoms with van der Waals surface area (Å²) >= 11 is 5.83. The van der Waals surface area contributed by atoms with E-state index in [1.165, 1.54) is 0 Å². The van der Waals surface area contributed by atoms with Crippen molar-refractivity contribution < 1.29 is 4.42 Å². The highest BCUT2D eigenvalue weighted by Crippen LogP contribution is 2.20. The van der Waals surface area contributed by atoms with Crippen LogP contribution in [0.2, 0.25) is 0 Å². The molecule has 86 valence electrons. The molecule has 1 heterocycles. The van der Waals surface area contributed by atoms with Crippen LogP contribution in [0.4, 0.5) is 6.01 Å². The number of hydrogen-bond donors (Lipinski definition) is 1. The van der Waals surface area contributed by atoms with Gasteiger partial charge in [0.2, 0.25) is 5.89 Å². The van der Waals surface area contributed by atoms with Crippen LogP contribution in [-0.4, -0.2) is 16.2 Å². The number of aromatic nitrogens is 2. The van der Waals surface area contributed by atoms with Gasteiger partial charge in [-0.1, -0.05) is 25.9 Å². The van der Waals surface area contributed by atoms with Crippen LogP contribution in [0.25, 0.3) is 0 Å². The van der Waals surface area contributed by atoms with Gasteiger partial charge in [0.05, 0.1) is 0 Å². The minimum Gasteiger partial charge on any atom is -0.406 e. The third-order valence-corrected chi connectivity index (χ3v) is 2.52. The molecule has 0 aromatic carbocycles. The first kappa shape index (κ1) is 12.3.